The van der Waals surface area contributed by atoms with Gasteiger partial charge < -0.3 is 10.6 Å². The van der Waals surface area contributed by atoms with Gasteiger partial charge in [-0.1, -0.05) is 0 Å². The molecule has 2 aliphatic heterocycles. The number of halogens is 3. The Hall–Kier alpha value is -2.36. The third kappa shape index (κ3) is 3.41. The summed E-state index contributed by atoms with van der Waals surface area (Å²) < 4.78 is 41.1. The maximum Gasteiger partial charge on any atom is 0.421 e. The minimum atomic E-state index is -4.50. The molecular formula is C18H25F3N7+. The van der Waals surface area contributed by atoms with Gasteiger partial charge in [-0.15, -0.1) is 4.68 Å². The van der Waals surface area contributed by atoms with Crippen LogP contribution in [0.5, 0.6) is 0 Å². The Kier molecular flexibility index (Phi) is 4.68. The first kappa shape index (κ1) is 19.0. The Morgan fingerprint density at radius 2 is 1.93 bits per heavy atom. The number of fused-ring (bicyclic) bond motifs is 2. The van der Waals surface area contributed by atoms with E-state index < -0.39 is 11.7 Å². The number of H-pyrrole nitrogens is 1. The molecule has 0 amide bonds. The van der Waals surface area contributed by atoms with Gasteiger partial charge in [0.15, 0.2) is 6.04 Å². The van der Waals surface area contributed by atoms with Gasteiger partial charge in [-0.05, 0) is 26.8 Å². The van der Waals surface area contributed by atoms with Gasteiger partial charge in [0.2, 0.25) is 12.1 Å². The van der Waals surface area contributed by atoms with E-state index in [-0.39, 0.29) is 11.8 Å². The summed E-state index contributed by atoms with van der Waals surface area (Å²) in [6.45, 7) is 1.92. The van der Waals surface area contributed by atoms with Crippen molar-refractivity contribution in [1.29, 1.82) is 0 Å². The molecule has 7 nitrogen and oxygen atoms in total. The van der Waals surface area contributed by atoms with Crippen molar-refractivity contribution < 1.29 is 17.9 Å². The van der Waals surface area contributed by atoms with Crippen LogP contribution in [0.2, 0.25) is 0 Å². The highest BCUT2D eigenvalue weighted by atomic mass is 19.4. The first-order valence-electron chi connectivity index (χ1n) is 9.48. The minimum absolute atomic E-state index is 0.120. The van der Waals surface area contributed by atoms with Crippen molar-refractivity contribution in [2.24, 2.45) is 0 Å². The number of nitrogens with zero attached hydrogens (tertiary/aromatic N) is 4. The quantitative estimate of drug-likeness (QED) is 0.693. The Morgan fingerprint density at radius 3 is 2.54 bits per heavy atom. The second kappa shape index (κ2) is 6.91. The monoisotopic (exact) mass is 396 g/mol. The lowest BCUT2D eigenvalue weighted by molar-refractivity contribution is -0.777. The summed E-state index contributed by atoms with van der Waals surface area (Å²) in [6.07, 6.45) is 2.94. The second-order valence-corrected chi connectivity index (χ2v) is 7.69. The van der Waals surface area contributed by atoms with E-state index in [0.717, 1.165) is 30.4 Å². The SMILES string of the molecule is CNc1nc(Nc2c[n+](C3CC4CCC(C3)N4C)[nH]c2C)ncc1C(F)(F)F. The fourth-order valence-corrected chi connectivity index (χ4v) is 4.42. The molecule has 28 heavy (non-hydrogen) atoms. The van der Waals surface area contributed by atoms with Gasteiger partial charge in [0, 0.05) is 38.2 Å². The average molecular weight is 396 g/mol. The van der Waals surface area contributed by atoms with Crippen LogP contribution in [-0.4, -0.2) is 46.1 Å². The zero-order valence-electron chi connectivity index (χ0n) is 16.1. The van der Waals surface area contributed by atoms with Gasteiger partial charge in [0.25, 0.3) is 0 Å². The van der Waals surface area contributed by atoms with Gasteiger partial charge in [-0.2, -0.15) is 23.3 Å². The summed E-state index contributed by atoms with van der Waals surface area (Å²) in [5.74, 6) is -0.131. The van der Waals surface area contributed by atoms with Crippen LogP contribution in [0.25, 0.3) is 0 Å². The maximum atomic E-state index is 13.0. The lowest BCUT2D eigenvalue weighted by Crippen LogP contribution is -2.50. The van der Waals surface area contributed by atoms with Gasteiger partial charge in [-0.3, -0.25) is 4.90 Å². The van der Waals surface area contributed by atoms with Crippen molar-refractivity contribution in [1.82, 2.24) is 20.0 Å². The molecule has 2 aromatic rings. The molecule has 3 N–H and O–H groups in total. The van der Waals surface area contributed by atoms with E-state index in [1.54, 1.807) is 0 Å². The van der Waals surface area contributed by atoms with Crippen LogP contribution in [0.4, 0.5) is 30.6 Å². The number of hydrogen-bond acceptors (Lipinski definition) is 5. The number of aryl methyl sites for hydroxylation is 1. The molecule has 0 spiro atoms. The number of aromatic nitrogens is 4. The zero-order valence-corrected chi connectivity index (χ0v) is 16.1. The average Bonchev–Trinajstić information content (AvgIpc) is 3.08. The van der Waals surface area contributed by atoms with Gasteiger partial charge >= 0.3 is 6.18 Å². The highest BCUT2D eigenvalue weighted by molar-refractivity contribution is 5.57. The molecule has 2 aromatic heterocycles. The number of rotatable bonds is 4. The molecule has 4 heterocycles. The Balaban J connectivity index is 1.54. The van der Waals surface area contributed by atoms with Crippen LogP contribution >= 0.6 is 0 Å². The molecule has 2 aliphatic rings. The molecular weight excluding hydrogens is 371 g/mol. The molecule has 0 aliphatic carbocycles. The van der Waals surface area contributed by atoms with Crippen molar-refractivity contribution in [3.63, 3.8) is 0 Å². The van der Waals surface area contributed by atoms with Crippen LogP contribution in [-0.2, 0) is 6.18 Å². The standard InChI is InChI=1S/C18H24F3N7/c1-10-15(24-17-23-8-14(18(19,20)21)16(22-2)25-17)9-28(26-10)13-6-11-4-5-12(7-13)27(11)3/h8-9,11-13H,4-7H2,1-3H3,(H2,22,23,24,25)/p+1. The molecule has 2 bridgehead atoms. The first-order chi connectivity index (χ1) is 13.3. The Morgan fingerprint density at radius 1 is 1.25 bits per heavy atom. The summed E-state index contributed by atoms with van der Waals surface area (Å²) in [5, 5.41) is 8.90. The number of alkyl halides is 3. The van der Waals surface area contributed by atoms with Crippen molar-refractivity contribution in [2.45, 2.75) is 56.9 Å². The van der Waals surface area contributed by atoms with E-state index in [0.29, 0.717) is 18.1 Å². The highest BCUT2D eigenvalue weighted by Crippen LogP contribution is 2.38. The summed E-state index contributed by atoms with van der Waals surface area (Å²) in [7, 11) is 3.61. The van der Waals surface area contributed by atoms with E-state index in [2.05, 4.69) is 42.3 Å². The molecule has 2 fully saturated rings. The van der Waals surface area contributed by atoms with Crippen LogP contribution < -0.4 is 15.3 Å². The van der Waals surface area contributed by atoms with E-state index >= 15 is 0 Å². The number of nitrogens with one attached hydrogen (secondary N) is 3. The summed E-state index contributed by atoms with van der Waals surface area (Å²) in [4.78, 5) is 10.3. The van der Waals surface area contributed by atoms with Crippen LogP contribution in [0.3, 0.4) is 0 Å². The second-order valence-electron chi connectivity index (χ2n) is 7.69. The van der Waals surface area contributed by atoms with Crippen molar-refractivity contribution >= 4 is 17.5 Å². The first-order valence-corrected chi connectivity index (χ1v) is 9.48. The van der Waals surface area contributed by atoms with E-state index in [1.807, 2.05) is 13.1 Å². The minimum Gasteiger partial charge on any atom is -0.372 e. The molecule has 152 valence electrons. The number of piperidine rings is 1. The van der Waals surface area contributed by atoms with Crippen LogP contribution in [0, 0.1) is 6.92 Å². The third-order valence-electron chi connectivity index (χ3n) is 6.01. The normalized spacial score (nSPS) is 25.1. The smallest absolute Gasteiger partial charge is 0.372 e. The summed E-state index contributed by atoms with van der Waals surface area (Å²) in [5.41, 5.74) is 0.761. The molecule has 4 rings (SSSR count). The number of hydrogen-bond donors (Lipinski definition) is 3. The summed E-state index contributed by atoms with van der Waals surface area (Å²) in [6, 6.07) is 1.63. The Bertz CT molecular complexity index is 849. The largest absolute Gasteiger partial charge is 0.421 e. The van der Waals surface area contributed by atoms with Crippen LogP contribution in [0.15, 0.2) is 12.4 Å². The fourth-order valence-electron chi connectivity index (χ4n) is 4.42. The summed E-state index contributed by atoms with van der Waals surface area (Å²) >= 11 is 0. The third-order valence-corrected chi connectivity index (χ3v) is 6.01. The molecule has 0 saturated carbocycles. The molecule has 0 aromatic carbocycles. The van der Waals surface area contributed by atoms with E-state index in [9.17, 15) is 13.2 Å². The molecule has 0 radical (unpaired) electrons. The van der Waals surface area contributed by atoms with E-state index in [4.69, 9.17) is 0 Å². The predicted molar refractivity (Wildman–Crippen MR) is 98.4 cm³/mol. The van der Waals surface area contributed by atoms with Gasteiger partial charge in [0.05, 0.1) is 5.69 Å². The predicted octanol–water partition coefficient (Wildman–Crippen LogP) is 3.00. The zero-order chi connectivity index (χ0) is 20.1. The van der Waals surface area contributed by atoms with Crippen molar-refractivity contribution in [3.05, 3.63) is 23.7 Å². The molecule has 2 saturated heterocycles. The molecule has 2 atom stereocenters. The number of aromatic amines is 1. The fraction of sp³-hybridized carbons (Fsp3) is 0.611. The lowest BCUT2D eigenvalue weighted by atomic mass is 9.98. The number of anilines is 3. The molecule has 2 unspecified atom stereocenters. The van der Waals surface area contributed by atoms with Crippen molar-refractivity contribution in [2.75, 3.05) is 24.7 Å². The lowest BCUT2D eigenvalue weighted by Gasteiger charge is -2.32. The molecule has 10 heteroatoms. The van der Waals surface area contributed by atoms with Gasteiger partial charge in [0.1, 0.15) is 17.1 Å². The van der Waals surface area contributed by atoms with Crippen molar-refractivity contribution in [3.8, 4) is 0 Å². The maximum absolute atomic E-state index is 13.0. The highest BCUT2D eigenvalue weighted by Gasteiger charge is 2.43. The Labute approximate surface area is 161 Å². The van der Waals surface area contributed by atoms with Crippen LogP contribution in [0.1, 0.15) is 43.0 Å². The van der Waals surface area contributed by atoms with E-state index in [1.165, 1.54) is 19.9 Å². The topological polar surface area (TPSA) is 72.8 Å². The van der Waals surface area contributed by atoms with Gasteiger partial charge in [-0.25, -0.2) is 4.98 Å².